The zero-order chi connectivity index (χ0) is 21.1. The molecule has 0 atom stereocenters. The normalized spacial score (nSPS) is 12.9. The standard InChI is InChI=1S/C26H30N2O/c1-25(2,3)19-9-7-11-21(15-19)27-17-23-13-14-24(29-23)18-28-22-12-8-10-20(16-22)26(4,5)6/h7-18H,1-6H3. The van der Waals surface area contributed by atoms with Gasteiger partial charge in [0.05, 0.1) is 23.8 Å². The number of rotatable bonds is 4. The van der Waals surface area contributed by atoms with Gasteiger partial charge in [0.1, 0.15) is 11.5 Å². The summed E-state index contributed by atoms with van der Waals surface area (Å²) in [5.74, 6) is 1.41. The summed E-state index contributed by atoms with van der Waals surface area (Å²) >= 11 is 0. The monoisotopic (exact) mass is 386 g/mol. The predicted octanol–water partition coefficient (Wildman–Crippen LogP) is 7.38. The quantitative estimate of drug-likeness (QED) is 0.431. The molecule has 0 saturated carbocycles. The first-order chi connectivity index (χ1) is 13.6. The zero-order valence-electron chi connectivity index (χ0n) is 18.2. The minimum Gasteiger partial charge on any atom is -0.454 e. The van der Waals surface area contributed by atoms with Crippen LogP contribution in [0.3, 0.4) is 0 Å². The van der Waals surface area contributed by atoms with Crippen LogP contribution in [0.5, 0.6) is 0 Å². The van der Waals surface area contributed by atoms with Crippen LogP contribution in [0.25, 0.3) is 0 Å². The van der Waals surface area contributed by atoms with E-state index in [9.17, 15) is 0 Å². The lowest BCUT2D eigenvalue weighted by Crippen LogP contribution is -2.10. The van der Waals surface area contributed by atoms with Gasteiger partial charge in [-0.3, -0.25) is 9.98 Å². The smallest absolute Gasteiger partial charge is 0.145 e. The summed E-state index contributed by atoms with van der Waals surface area (Å²) in [4.78, 5) is 9.12. The molecule has 0 unspecified atom stereocenters. The van der Waals surface area contributed by atoms with Crippen molar-refractivity contribution in [3.63, 3.8) is 0 Å². The molecule has 1 aromatic heterocycles. The molecular formula is C26H30N2O. The van der Waals surface area contributed by atoms with E-state index in [1.54, 1.807) is 12.4 Å². The van der Waals surface area contributed by atoms with Crippen LogP contribution in [-0.2, 0) is 10.8 Å². The molecule has 0 radical (unpaired) electrons. The minimum absolute atomic E-state index is 0.101. The third kappa shape index (κ3) is 5.77. The van der Waals surface area contributed by atoms with E-state index in [4.69, 9.17) is 4.42 Å². The maximum absolute atomic E-state index is 5.82. The first-order valence-corrected chi connectivity index (χ1v) is 10.0. The average Bonchev–Trinajstić information content (AvgIpc) is 3.12. The summed E-state index contributed by atoms with van der Waals surface area (Å²) in [6.45, 7) is 13.2. The average molecular weight is 387 g/mol. The molecule has 0 bridgehead atoms. The van der Waals surface area contributed by atoms with Gasteiger partial charge in [-0.25, -0.2) is 0 Å². The molecule has 0 spiro atoms. The molecule has 0 aliphatic heterocycles. The molecule has 1 heterocycles. The van der Waals surface area contributed by atoms with Gasteiger partial charge in [0.25, 0.3) is 0 Å². The van der Waals surface area contributed by atoms with E-state index >= 15 is 0 Å². The van der Waals surface area contributed by atoms with Gasteiger partial charge < -0.3 is 4.42 Å². The van der Waals surface area contributed by atoms with Gasteiger partial charge in [0, 0.05) is 0 Å². The van der Waals surface area contributed by atoms with E-state index in [-0.39, 0.29) is 10.8 Å². The fourth-order valence-electron chi connectivity index (χ4n) is 2.89. The maximum Gasteiger partial charge on any atom is 0.145 e. The van der Waals surface area contributed by atoms with Gasteiger partial charge in [-0.15, -0.1) is 0 Å². The lowest BCUT2D eigenvalue weighted by Gasteiger charge is -2.18. The Morgan fingerprint density at radius 2 is 1.03 bits per heavy atom. The van der Waals surface area contributed by atoms with Crippen LogP contribution in [-0.4, -0.2) is 12.4 Å². The number of hydrogen-bond donors (Lipinski definition) is 0. The molecule has 0 N–H and O–H groups in total. The first-order valence-electron chi connectivity index (χ1n) is 10.0. The van der Waals surface area contributed by atoms with Crippen LogP contribution in [0.4, 0.5) is 11.4 Å². The van der Waals surface area contributed by atoms with Crippen LogP contribution >= 0.6 is 0 Å². The number of hydrogen-bond acceptors (Lipinski definition) is 3. The van der Waals surface area contributed by atoms with Crippen molar-refractivity contribution in [2.45, 2.75) is 52.4 Å². The topological polar surface area (TPSA) is 37.9 Å². The van der Waals surface area contributed by atoms with Crippen molar-refractivity contribution < 1.29 is 4.42 Å². The molecule has 0 amide bonds. The summed E-state index contributed by atoms with van der Waals surface area (Å²) in [6.07, 6.45) is 3.50. The highest BCUT2D eigenvalue weighted by molar-refractivity contribution is 5.83. The molecule has 3 heteroatoms. The molecule has 0 fully saturated rings. The van der Waals surface area contributed by atoms with Crippen molar-refractivity contribution in [1.82, 2.24) is 0 Å². The summed E-state index contributed by atoms with van der Waals surface area (Å²) in [5, 5.41) is 0. The van der Waals surface area contributed by atoms with Gasteiger partial charge in [0.15, 0.2) is 0 Å². The van der Waals surface area contributed by atoms with Gasteiger partial charge in [-0.2, -0.15) is 0 Å². The van der Waals surface area contributed by atoms with E-state index < -0.39 is 0 Å². The van der Waals surface area contributed by atoms with E-state index in [0.717, 1.165) is 11.4 Å². The van der Waals surface area contributed by atoms with E-state index in [2.05, 4.69) is 75.8 Å². The fourth-order valence-corrected chi connectivity index (χ4v) is 2.89. The Morgan fingerprint density at radius 3 is 1.41 bits per heavy atom. The summed E-state index contributed by atoms with van der Waals surface area (Å²) in [6, 6.07) is 20.4. The molecule has 3 nitrogen and oxygen atoms in total. The van der Waals surface area contributed by atoms with Crippen molar-refractivity contribution >= 4 is 23.8 Å². The number of nitrogens with zero attached hydrogens (tertiary/aromatic N) is 2. The second-order valence-electron chi connectivity index (χ2n) is 9.36. The zero-order valence-corrected chi connectivity index (χ0v) is 18.2. The highest BCUT2D eigenvalue weighted by Crippen LogP contribution is 2.27. The Morgan fingerprint density at radius 1 is 0.621 bits per heavy atom. The van der Waals surface area contributed by atoms with Crippen LogP contribution in [0.15, 0.2) is 75.1 Å². The van der Waals surface area contributed by atoms with Crippen LogP contribution < -0.4 is 0 Å². The Labute approximate surface area is 174 Å². The van der Waals surface area contributed by atoms with E-state index in [0.29, 0.717) is 11.5 Å². The molecule has 0 saturated heterocycles. The molecule has 0 aliphatic carbocycles. The van der Waals surface area contributed by atoms with Gasteiger partial charge >= 0.3 is 0 Å². The van der Waals surface area contributed by atoms with Crippen molar-refractivity contribution in [2.24, 2.45) is 9.98 Å². The van der Waals surface area contributed by atoms with E-state index in [1.807, 2.05) is 36.4 Å². The molecule has 150 valence electrons. The van der Waals surface area contributed by atoms with Crippen LogP contribution in [0.2, 0.25) is 0 Å². The molecule has 29 heavy (non-hydrogen) atoms. The summed E-state index contributed by atoms with van der Waals surface area (Å²) < 4.78 is 5.82. The van der Waals surface area contributed by atoms with Crippen molar-refractivity contribution in [3.05, 3.63) is 83.3 Å². The molecule has 3 rings (SSSR count). The summed E-state index contributed by atoms with van der Waals surface area (Å²) in [7, 11) is 0. The maximum atomic E-state index is 5.82. The lowest BCUT2D eigenvalue weighted by atomic mass is 9.87. The molecule has 3 aromatic rings. The molecular weight excluding hydrogens is 356 g/mol. The second-order valence-corrected chi connectivity index (χ2v) is 9.36. The summed E-state index contributed by atoms with van der Waals surface area (Å²) in [5.41, 5.74) is 4.56. The molecule has 0 aliphatic rings. The Balaban J connectivity index is 1.72. The third-order valence-electron chi connectivity index (χ3n) is 4.75. The lowest BCUT2D eigenvalue weighted by molar-refractivity contribution is 0.553. The van der Waals surface area contributed by atoms with Crippen LogP contribution in [0, 0.1) is 0 Å². The van der Waals surface area contributed by atoms with E-state index in [1.165, 1.54) is 11.1 Å². The highest BCUT2D eigenvalue weighted by atomic mass is 16.3. The Bertz CT molecular complexity index is 945. The first kappa shape index (κ1) is 20.8. The minimum atomic E-state index is 0.101. The van der Waals surface area contributed by atoms with Gasteiger partial charge in [-0.05, 0) is 58.4 Å². The third-order valence-corrected chi connectivity index (χ3v) is 4.75. The van der Waals surface area contributed by atoms with Crippen molar-refractivity contribution in [3.8, 4) is 0 Å². The Hall–Kier alpha value is -2.94. The van der Waals surface area contributed by atoms with Crippen molar-refractivity contribution in [2.75, 3.05) is 0 Å². The number of benzene rings is 2. The van der Waals surface area contributed by atoms with Gasteiger partial charge in [0.2, 0.25) is 0 Å². The predicted molar refractivity (Wildman–Crippen MR) is 124 cm³/mol. The number of furan rings is 1. The van der Waals surface area contributed by atoms with Crippen LogP contribution in [0.1, 0.15) is 64.2 Å². The fraction of sp³-hybridized carbons (Fsp3) is 0.308. The highest BCUT2D eigenvalue weighted by Gasteiger charge is 2.14. The number of aliphatic imine (C=N–C) groups is 2. The van der Waals surface area contributed by atoms with Gasteiger partial charge in [-0.1, -0.05) is 65.8 Å². The SMILES string of the molecule is CC(C)(C)c1cccc(N=Cc2ccc(C=Nc3cccc(C(C)(C)C)c3)o2)c1. The molecule has 2 aromatic carbocycles. The Kier molecular flexibility index (Phi) is 5.88. The largest absolute Gasteiger partial charge is 0.454 e. The second kappa shape index (κ2) is 8.20. The van der Waals surface area contributed by atoms with Crippen molar-refractivity contribution in [1.29, 1.82) is 0 Å².